The summed E-state index contributed by atoms with van der Waals surface area (Å²) in [5.41, 5.74) is 0.315. The zero-order chi connectivity index (χ0) is 15.0. The van der Waals surface area contributed by atoms with Crippen LogP contribution in [-0.4, -0.2) is 23.9 Å². The highest BCUT2D eigenvalue weighted by Gasteiger charge is 2.51. The first-order valence-electron chi connectivity index (χ1n) is 8.71. The Kier molecular flexibility index (Phi) is 3.99. The molecule has 1 unspecified atom stereocenters. The number of nitrogens with zero attached hydrogens (tertiary/aromatic N) is 2. The van der Waals surface area contributed by atoms with Gasteiger partial charge < -0.3 is 4.90 Å². The number of hydrogen-bond acceptors (Lipinski definition) is 2. The van der Waals surface area contributed by atoms with Gasteiger partial charge in [-0.25, -0.2) is 0 Å². The molecular formula is C18H28N2O. The molecule has 4 aliphatic carbocycles. The van der Waals surface area contributed by atoms with Gasteiger partial charge in [-0.3, -0.25) is 4.79 Å². The number of carbonyl (C=O) groups excluding carboxylic acids is 1. The summed E-state index contributed by atoms with van der Waals surface area (Å²) in [6.07, 6.45) is 8.88. The van der Waals surface area contributed by atoms with Crippen LogP contribution >= 0.6 is 0 Å². The Hall–Kier alpha value is -1.04. The third kappa shape index (κ3) is 2.96. The second-order valence-electron chi connectivity index (χ2n) is 8.06. The standard InChI is InChI=1S/C18H28N2O/c1-3-20(12-13(2)11-19)17(21)10-18-7-14-4-15(8-18)6-16(5-14)9-18/h13-16H,3-10,12H2,1-2H3. The normalized spacial score (nSPS) is 38.0. The van der Waals surface area contributed by atoms with E-state index in [1.807, 2.05) is 18.7 Å². The lowest BCUT2D eigenvalue weighted by Gasteiger charge is -2.57. The fourth-order valence-corrected chi connectivity index (χ4v) is 5.72. The minimum atomic E-state index is -0.0646. The van der Waals surface area contributed by atoms with Crippen molar-refractivity contribution in [1.29, 1.82) is 5.26 Å². The van der Waals surface area contributed by atoms with Crippen molar-refractivity contribution in [2.24, 2.45) is 29.1 Å². The topological polar surface area (TPSA) is 44.1 Å². The Labute approximate surface area is 128 Å². The lowest BCUT2D eigenvalue weighted by Crippen LogP contribution is -2.48. The Bertz CT molecular complexity index is 415. The van der Waals surface area contributed by atoms with Crippen molar-refractivity contribution in [3.8, 4) is 6.07 Å². The Balaban J connectivity index is 1.65. The number of amides is 1. The van der Waals surface area contributed by atoms with Gasteiger partial charge in [0.05, 0.1) is 12.0 Å². The minimum absolute atomic E-state index is 0.0646. The molecule has 0 saturated heterocycles. The van der Waals surface area contributed by atoms with E-state index in [1.54, 1.807) is 0 Å². The second kappa shape index (κ2) is 5.63. The highest BCUT2D eigenvalue weighted by molar-refractivity contribution is 5.77. The lowest BCUT2D eigenvalue weighted by atomic mass is 9.49. The molecule has 3 heteroatoms. The van der Waals surface area contributed by atoms with E-state index < -0.39 is 0 Å². The molecule has 0 aromatic heterocycles. The lowest BCUT2D eigenvalue weighted by molar-refractivity contribution is -0.139. The molecule has 0 N–H and O–H groups in total. The maximum absolute atomic E-state index is 12.7. The Morgan fingerprint density at radius 2 is 1.76 bits per heavy atom. The van der Waals surface area contributed by atoms with E-state index in [4.69, 9.17) is 5.26 Å². The van der Waals surface area contributed by atoms with Crippen molar-refractivity contribution in [1.82, 2.24) is 4.90 Å². The van der Waals surface area contributed by atoms with Gasteiger partial charge >= 0.3 is 0 Å². The van der Waals surface area contributed by atoms with Gasteiger partial charge in [0.2, 0.25) is 5.91 Å². The maximum atomic E-state index is 12.7. The van der Waals surface area contributed by atoms with E-state index in [1.165, 1.54) is 38.5 Å². The van der Waals surface area contributed by atoms with E-state index in [0.29, 0.717) is 17.9 Å². The van der Waals surface area contributed by atoms with Gasteiger partial charge in [0.15, 0.2) is 0 Å². The first kappa shape index (κ1) is 14.9. The maximum Gasteiger partial charge on any atom is 0.223 e. The molecule has 116 valence electrons. The quantitative estimate of drug-likeness (QED) is 0.776. The van der Waals surface area contributed by atoms with Crippen LogP contribution in [0.1, 0.15) is 58.8 Å². The molecule has 1 amide bonds. The van der Waals surface area contributed by atoms with Crippen LogP contribution in [0.15, 0.2) is 0 Å². The second-order valence-corrected chi connectivity index (χ2v) is 8.06. The zero-order valence-electron chi connectivity index (χ0n) is 13.5. The largest absolute Gasteiger partial charge is 0.342 e. The summed E-state index contributed by atoms with van der Waals surface area (Å²) in [4.78, 5) is 14.6. The van der Waals surface area contributed by atoms with E-state index in [9.17, 15) is 4.79 Å². The molecule has 0 aromatic carbocycles. The molecule has 4 fully saturated rings. The number of nitriles is 1. The van der Waals surface area contributed by atoms with Gasteiger partial charge in [0.25, 0.3) is 0 Å². The summed E-state index contributed by atoms with van der Waals surface area (Å²) < 4.78 is 0. The number of rotatable bonds is 5. The average molecular weight is 288 g/mol. The van der Waals surface area contributed by atoms with Crippen molar-refractivity contribution >= 4 is 5.91 Å². The van der Waals surface area contributed by atoms with E-state index in [2.05, 4.69) is 6.07 Å². The molecule has 3 nitrogen and oxygen atoms in total. The SMILES string of the molecule is CCN(CC(C)C#N)C(=O)CC12CC3CC(CC(C3)C1)C2. The zero-order valence-corrected chi connectivity index (χ0v) is 13.5. The van der Waals surface area contributed by atoms with Crippen LogP contribution in [0.3, 0.4) is 0 Å². The van der Waals surface area contributed by atoms with Crippen LogP contribution in [0.5, 0.6) is 0 Å². The molecule has 0 radical (unpaired) electrons. The average Bonchev–Trinajstić information content (AvgIpc) is 2.42. The molecule has 0 heterocycles. The summed E-state index contributed by atoms with van der Waals surface area (Å²) in [6.45, 7) is 5.26. The molecule has 1 atom stereocenters. The monoisotopic (exact) mass is 288 g/mol. The third-order valence-electron chi connectivity index (χ3n) is 6.14. The molecule has 4 bridgehead atoms. The van der Waals surface area contributed by atoms with Crippen molar-refractivity contribution < 1.29 is 4.79 Å². The van der Waals surface area contributed by atoms with Crippen molar-refractivity contribution in [2.45, 2.75) is 58.8 Å². The van der Waals surface area contributed by atoms with Crippen molar-refractivity contribution in [2.75, 3.05) is 13.1 Å². The third-order valence-corrected chi connectivity index (χ3v) is 6.14. The van der Waals surface area contributed by atoms with Crippen LogP contribution in [-0.2, 0) is 4.79 Å². The van der Waals surface area contributed by atoms with Crippen LogP contribution < -0.4 is 0 Å². The molecule has 0 spiro atoms. The highest BCUT2D eigenvalue weighted by Crippen LogP contribution is 2.61. The van der Waals surface area contributed by atoms with Crippen LogP contribution in [0.25, 0.3) is 0 Å². The van der Waals surface area contributed by atoms with Gasteiger partial charge in [0, 0.05) is 19.5 Å². The summed E-state index contributed by atoms with van der Waals surface area (Å²) in [5.74, 6) is 2.93. The first-order chi connectivity index (χ1) is 10.0. The van der Waals surface area contributed by atoms with Crippen LogP contribution in [0.2, 0.25) is 0 Å². The van der Waals surface area contributed by atoms with E-state index >= 15 is 0 Å². The molecule has 4 aliphatic rings. The van der Waals surface area contributed by atoms with E-state index in [-0.39, 0.29) is 5.92 Å². The Morgan fingerprint density at radius 3 is 2.19 bits per heavy atom. The van der Waals surface area contributed by atoms with Crippen molar-refractivity contribution in [3.05, 3.63) is 0 Å². The van der Waals surface area contributed by atoms with Crippen LogP contribution in [0.4, 0.5) is 0 Å². The van der Waals surface area contributed by atoms with Gasteiger partial charge in [-0.1, -0.05) is 0 Å². The Morgan fingerprint density at radius 1 is 1.24 bits per heavy atom. The fraction of sp³-hybridized carbons (Fsp3) is 0.889. The number of hydrogen-bond donors (Lipinski definition) is 0. The minimum Gasteiger partial charge on any atom is -0.342 e. The molecular weight excluding hydrogens is 260 g/mol. The van der Waals surface area contributed by atoms with Crippen LogP contribution in [0, 0.1) is 40.4 Å². The number of carbonyl (C=O) groups is 1. The summed E-state index contributed by atoms with van der Waals surface area (Å²) in [5, 5.41) is 8.98. The molecule has 4 rings (SSSR count). The predicted molar refractivity (Wildman–Crippen MR) is 82.3 cm³/mol. The highest BCUT2D eigenvalue weighted by atomic mass is 16.2. The van der Waals surface area contributed by atoms with Gasteiger partial charge in [-0.05, 0) is 75.5 Å². The van der Waals surface area contributed by atoms with Crippen molar-refractivity contribution in [3.63, 3.8) is 0 Å². The summed E-state index contributed by atoms with van der Waals surface area (Å²) >= 11 is 0. The fourth-order valence-electron chi connectivity index (χ4n) is 5.72. The molecule has 0 aliphatic heterocycles. The van der Waals surface area contributed by atoms with Gasteiger partial charge in [-0.2, -0.15) is 5.26 Å². The summed E-state index contributed by atoms with van der Waals surface area (Å²) in [7, 11) is 0. The first-order valence-corrected chi connectivity index (χ1v) is 8.71. The molecule has 21 heavy (non-hydrogen) atoms. The van der Waals surface area contributed by atoms with Gasteiger partial charge in [-0.15, -0.1) is 0 Å². The molecule has 4 saturated carbocycles. The summed E-state index contributed by atoms with van der Waals surface area (Å²) in [6, 6.07) is 2.25. The van der Waals surface area contributed by atoms with Gasteiger partial charge in [0.1, 0.15) is 0 Å². The smallest absolute Gasteiger partial charge is 0.223 e. The predicted octanol–water partition coefficient (Wildman–Crippen LogP) is 3.60. The molecule has 0 aromatic rings. The van der Waals surface area contributed by atoms with E-state index in [0.717, 1.165) is 30.7 Å².